The SMILES string of the molecule is C=CCn1c(SCC(=O)NCc2cc(OC)c(OC)cc2OC)nc2ccccc21. The standard InChI is InChI=1S/C22H25N3O4S/c1-5-10-25-17-9-7-6-8-16(17)24-22(25)30-14-21(26)23-13-15-11-19(28-3)20(29-4)12-18(15)27-2/h5-9,11-12H,1,10,13-14H2,2-4H3,(H,23,26). The fourth-order valence-corrected chi connectivity index (χ4v) is 3.93. The quantitative estimate of drug-likeness (QED) is 0.393. The van der Waals surface area contributed by atoms with E-state index in [2.05, 4.69) is 21.4 Å². The second-order valence-electron chi connectivity index (χ2n) is 6.37. The first-order chi connectivity index (χ1) is 14.6. The topological polar surface area (TPSA) is 74.6 Å². The zero-order valence-corrected chi connectivity index (χ0v) is 18.1. The van der Waals surface area contributed by atoms with E-state index in [0.717, 1.165) is 21.8 Å². The highest BCUT2D eigenvalue weighted by Crippen LogP contribution is 2.34. The summed E-state index contributed by atoms with van der Waals surface area (Å²) in [5.41, 5.74) is 2.72. The smallest absolute Gasteiger partial charge is 0.230 e. The van der Waals surface area contributed by atoms with Gasteiger partial charge in [-0.2, -0.15) is 0 Å². The molecular weight excluding hydrogens is 402 g/mol. The van der Waals surface area contributed by atoms with Crippen LogP contribution in [0.1, 0.15) is 5.56 Å². The van der Waals surface area contributed by atoms with Gasteiger partial charge in [0.2, 0.25) is 5.91 Å². The highest BCUT2D eigenvalue weighted by Gasteiger charge is 2.15. The van der Waals surface area contributed by atoms with Gasteiger partial charge in [0.25, 0.3) is 0 Å². The predicted molar refractivity (Wildman–Crippen MR) is 119 cm³/mol. The van der Waals surface area contributed by atoms with Crippen LogP contribution in [-0.4, -0.2) is 42.5 Å². The summed E-state index contributed by atoms with van der Waals surface area (Å²) in [5.74, 6) is 1.91. The molecule has 0 spiro atoms. The third-order valence-corrected chi connectivity index (χ3v) is 5.50. The molecule has 0 aliphatic carbocycles. The molecule has 2 aromatic carbocycles. The van der Waals surface area contributed by atoms with E-state index in [-0.39, 0.29) is 11.7 Å². The summed E-state index contributed by atoms with van der Waals surface area (Å²) in [6.07, 6.45) is 1.82. The molecule has 0 radical (unpaired) electrons. The van der Waals surface area contributed by atoms with Crippen LogP contribution in [0.5, 0.6) is 17.2 Å². The lowest BCUT2D eigenvalue weighted by Crippen LogP contribution is -2.25. The van der Waals surface area contributed by atoms with Gasteiger partial charge in [-0.05, 0) is 18.2 Å². The molecule has 0 atom stereocenters. The maximum Gasteiger partial charge on any atom is 0.230 e. The molecule has 0 unspecified atom stereocenters. The number of hydrogen-bond donors (Lipinski definition) is 1. The summed E-state index contributed by atoms with van der Waals surface area (Å²) in [6.45, 7) is 4.76. The first-order valence-corrected chi connectivity index (χ1v) is 10.3. The van der Waals surface area contributed by atoms with Crippen molar-refractivity contribution in [1.82, 2.24) is 14.9 Å². The Hall–Kier alpha value is -3.13. The number of hydrogen-bond acceptors (Lipinski definition) is 6. The van der Waals surface area contributed by atoms with Gasteiger partial charge >= 0.3 is 0 Å². The van der Waals surface area contributed by atoms with Gasteiger partial charge in [-0.1, -0.05) is 30.0 Å². The van der Waals surface area contributed by atoms with Gasteiger partial charge in [0, 0.05) is 24.7 Å². The van der Waals surface area contributed by atoms with Gasteiger partial charge in [-0.3, -0.25) is 4.79 Å². The van der Waals surface area contributed by atoms with Crippen molar-refractivity contribution < 1.29 is 19.0 Å². The number of carbonyl (C=O) groups is 1. The number of nitrogens with one attached hydrogen (secondary N) is 1. The minimum atomic E-state index is -0.103. The molecule has 0 saturated carbocycles. The van der Waals surface area contributed by atoms with Gasteiger partial charge in [0.05, 0.1) is 38.1 Å². The second kappa shape index (κ2) is 10.1. The summed E-state index contributed by atoms with van der Waals surface area (Å²) < 4.78 is 18.1. The van der Waals surface area contributed by atoms with E-state index >= 15 is 0 Å². The first kappa shape index (κ1) is 21.6. The normalized spacial score (nSPS) is 10.6. The van der Waals surface area contributed by atoms with E-state index in [1.165, 1.54) is 11.8 Å². The number of imidazole rings is 1. The van der Waals surface area contributed by atoms with Gasteiger partial charge < -0.3 is 24.1 Å². The van der Waals surface area contributed by atoms with Crippen LogP contribution in [0.25, 0.3) is 11.0 Å². The summed E-state index contributed by atoms with van der Waals surface area (Å²) in [5, 5.41) is 3.71. The van der Waals surface area contributed by atoms with Crippen molar-refractivity contribution in [1.29, 1.82) is 0 Å². The number of rotatable bonds is 10. The van der Waals surface area contributed by atoms with Crippen molar-refractivity contribution in [2.75, 3.05) is 27.1 Å². The molecule has 1 amide bonds. The zero-order valence-electron chi connectivity index (χ0n) is 17.3. The Bertz CT molecular complexity index is 1050. The number of ether oxygens (including phenoxy) is 3. The minimum absolute atomic E-state index is 0.103. The summed E-state index contributed by atoms with van der Waals surface area (Å²) in [6, 6.07) is 11.4. The maximum atomic E-state index is 12.5. The van der Waals surface area contributed by atoms with E-state index in [4.69, 9.17) is 14.2 Å². The number of nitrogens with zero attached hydrogens (tertiary/aromatic N) is 2. The van der Waals surface area contributed by atoms with Crippen LogP contribution < -0.4 is 19.5 Å². The lowest BCUT2D eigenvalue weighted by atomic mass is 10.1. The van der Waals surface area contributed by atoms with Crippen LogP contribution in [0.2, 0.25) is 0 Å². The molecule has 1 aromatic heterocycles. The molecule has 30 heavy (non-hydrogen) atoms. The fraction of sp³-hybridized carbons (Fsp3) is 0.273. The third kappa shape index (κ3) is 4.71. The van der Waals surface area contributed by atoms with Crippen LogP contribution in [0.3, 0.4) is 0 Å². The monoisotopic (exact) mass is 427 g/mol. The van der Waals surface area contributed by atoms with E-state index in [0.29, 0.717) is 30.3 Å². The van der Waals surface area contributed by atoms with Crippen LogP contribution >= 0.6 is 11.8 Å². The van der Waals surface area contributed by atoms with E-state index in [1.54, 1.807) is 33.5 Å². The van der Waals surface area contributed by atoms with E-state index in [9.17, 15) is 4.79 Å². The molecule has 0 fully saturated rings. The summed E-state index contributed by atoms with van der Waals surface area (Å²) >= 11 is 1.40. The van der Waals surface area contributed by atoms with Crippen LogP contribution in [0.4, 0.5) is 0 Å². The molecule has 1 heterocycles. The minimum Gasteiger partial charge on any atom is -0.496 e. The number of thioether (sulfide) groups is 1. The molecule has 0 bridgehead atoms. The molecule has 0 aliphatic heterocycles. The molecule has 0 aliphatic rings. The number of amides is 1. The van der Waals surface area contributed by atoms with E-state index < -0.39 is 0 Å². The molecule has 7 nitrogen and oxygen atoms in total. The molecule has 8 heteroatoms. The number of fused-ring (bicyclic) bond motifs is 1. The molecule has 158 valence electrons. The Balaban J connectivity index is 1.67. The second-order valence-corrected chi connectivity index (χ2v) is 7.31. The molecule has 0 saturated heterocycles. The highest BCUT2D eigenvalue weighted by atomic mass is 32.2. The van der Waals surface area contributed by atoms with Gasteiger partial charge in [-0.25, -0.2) is 4.98 Å². The Labute approximate surface area is 180 Å². The Morgan fingerprint density at radius 2 is 1.83 bits per heavy atom. The third-order valence-electron chi connectivity index (χ3n) is 4.53. The number of benzene rings is 2. The zero-order chi connectivity index (χ0) is 21.5. The highest BCUT2D eigenvalue weighted by molar-refractivity contribution is 7.99. The van der Waals surface area contributed by atoms with Crippen LogP contribution in [0.15, 0.2) is 54.2 Å². The largest absolute Gasteiger partial charge is 0.496 e. The average molecular weight is 428 g/mol. The summed E-state index contributed by atoms with van der Waals surface area (Å²) in [4.78, 5) is 17.1. The molecule has 3 aromatic rings. The van der Waals surface area contributed by atoms with Gasteiger partial charge in [-0.15, -0.1) is 6.58 Å². The lowest BCUT2D eigenvalue weighted by molar-refractivity contribution is -0.118. The molecule has 1 N–H and O–H groups in total. The van der Waals surface area contributed by atoms with Crippen molar-refractivity contribution in [2.45, 2.75) is 18.2 Å². The average Bonchev–Trinajstić information content (AvgIpc) is 3.13. The van der Waals surface area contributed by atoms with Crippen LogP contribution in [-0.2, 0) is 17.9 Å². The van der Waals surface area contributed by atoms with Crippen molar-refractivity contribution in [2.24, 2.45) is 0 Å². The predicted octanol–water partition coefficient (Wildman–Crippen LogP) is 3.66. The number of allylic oxidation sites excluding steroid dienone is 1. The number of methoxy groups -OCH3 is 3. The van der Waals surface area contributed by atoms with Gasteiger partial charge in [0.15, 0.2) is 16.7 Å². The molecule has 3 rings (SSSR count). The Kier molecular flexibility index (Phi) is 7.24. The maximum absolute atomic E-state index is 12.5. The van der Waals surface area contributed by atoms with Crippen molar-refractivity contribution >= 4 is 28.7 Å². The van der Waals surface area contributed by atoms with E-state index in [1.807, 2.05) is 30.3 Å². The number of para-hydroxylation sites is 2. The number of aromatic nitrogens is 2. The molecular formula is C22H25N3O4S. The van der Waals surface area contributed by atoms with Crippen molar-refractivity contribution in [3.8, 4) is 17.2 Å². The first-order valence-electron chi connectivity index (χ1n) is 9.35. The van der Waals surface area contributed by atoms with Crippen molar-refractivity contribution in [3.05, 3.63) is 54.6 Å². The Morgan fingerprint density at radius 3 is 2.53 bits per heavy atom. The van der Waals surface area contributed by atoms with Crippen molar-refractivity contribution in [3.63, 3.8) is 0 Å². The van der Waals surface area contributed by atoms with Crippen LogP contribution in [0, 0.1) is 0 Å². The number of carbonyl (C=O) groups excluding carboxylic acids is 1. The lowest BCUT2D eigenvalue weighted by Gasteiger charge is -2.14. The summed E-state index contributed by atoms with van der Waals surface area (Å²) in [7, 11) is 4.71. The van der Waals surface area contributed by atoms with Gasteiger partial charge in [0.1, 0.15) is 5.75 Å². The fourth-order valence-electron chi connectivity index (χ4n) is 3.07. The Morgan fingerprint density at radius 1 is 1.13 bits per heavy atom.